The number of hydrogen-bond acceptors (Lipinski definition) is 0. The number of rotatable bonds is 4. The summed E-state index contributed by atoms with van der Waals surface area (Å²) in [6.07, 6.45) is 5.05. The zero-order chi connectivity index (χ0) is 34.8. The quantitative estimate of drug-likeness (QED) is 0.164. The Morgan fingerprint density at radius 3 is 1.25 bits per heavy atom. The van der Waals surface area contributed by atoms with Gasteiger partial charge in [-0.3, -0.25) is 0 Å². The Morgan fingerprint density at radius 1 is 0.431 bits per heavy atom. The highest BCUT2D eigenvalue weighted by molar-refractivity contribution is 6.81. The summed E-state index contributed by atoms with van der Waals surface area (Å²) in [5, 5.41) is 5.29. The fourth-order valence-corrected chi connectivity index (χ4v) is 15.6. The third-order valence-corrected chi connectivity index (χ3v) is 17.0. The van der Waals surface area contributed by atoms with Crippen LogP contribution in [0.3, 0.4) is 0 Å². The van der Waals surface area contributed by atoms with Gasteiger partial charge in [0, 0.05) is 68.9 Å². The van der Waals surface area contributed by atoms with Gasteiger partial charge in [-0.2, -0.15) is 0 Å². The topological polar surface area (TPSA) is 9.86 Å². The Hall–Kier alpha value is -5.38. The Bertz CT molecular complexity index is 2640. The van der Waals surface area contributed by atoms with Crippen LogP contribution in [0.5, 0.6) is 0 Å². The lowest BCUT2D eigenvalue weighted by molar-refractivity contribution is 0.968. The molecular formula is C48H42N2Si. The molecular weight excluding hydrogens is 633 g/mol. The molecule has 2 heterocycles. The first kappa shape index (κ1) is 30.4. The predicted octanol–water partition coefficient (Wildman–Crippen LogP) is 12.8. The number of para-hydroxylation sites is 4. The number of nitrogens with zero attached hydrogens (tertiary/aromatic N) is 2. The SMILES string of the molecule is CC1=Cc2c(-c3cccc4c5ccccc5n(C)c34)cccc2C1[Si](C)(C)C1C(C)=Cc2c(-c3cccc4c5ccccc5n(C)c34)cccc21. The van der Waals surface area contributed by atoms with Gasteiger partial charge in [-0.05, 0) is 59.4 Å². The molecule has 51 heavy (non-hydrogen) atoms. The molecule has 0 bridgehead atoms. The minimum atomic E-state index is -2.04. The monoisotopic (exact) mass is 674 g/mol. The second-order valence-electron chi connectivity index (χ2n) is 15.6. The molecule has 2 nitrogen and oxygen atoms in total. The average Bonchev–Trinajstić information content (AvgIpc) is 3.86. The van der Waals surface area contributed by atoms with Crippen LogP contribution >= 0.6 is 0 Å². The molecule has 0 fully saturated rings. The maximum Gasteiger partial charge on any atom is 0.0722 e. The van der Waals surface area contributed by atoms with E-state index in [2.05, 4.69) is 184 Å². The molecule has 2 unspecified atom stereocenters. The van der Waals surface area contributed by atoms with Crippen LogP contribution in [0, 0.1) is 0 Å². The largest absolute Gasteiger partial charge is 0.343 e. The number of fused-ring (bicyclic) bond motifs is 8. The van der Waals surface area contributed by atoms with Gasteiger partial charge in [-0.25, -0.2) is 0 Å². The van der Waals surface area contributed by atoms with Crippen molar-refractivity contribution in [3.8, 4) is 22.3 Å². The molecule has 0 amide bonds. The fraction of sp³-hybridized carbons (Fsp3) is 0.167. The van der Waals surface area contributed by atoms with Crippen LogP contribution in [-0.2, 0) is 14.1 Å². The van der Waals surface area contributed by atoms with Gasteiger partial charge in [-0.1, -0.05) is 146 Å². The number of hydrogen-bond donors (Lipinski definition) is 0. The van der Waals surface area contributed by atoms with E-state index in [-0.39, 0.29) is 0 Å². The molecule has 8 aromatic rings. The summed E-state index contributed by atoms with van der Waals surface area (Å²) in [6, 6.07) is 45.5. The van der Waals surface area contributed by atoms with Crippen molar-refractivity contribution in [2.24, 2.45) is 14.1 Å². The molecule has 0 saturated heterocycles. The molecule has 0 saturated carbocycles. The van der Waals surface area contributed by atoms with Gasteiger partial charge >= 0.3 is 0 Å². The van der Waals surface area contributed by atoms with E-state index in [1.165, 1.54) is 99.3 Å². The van der Waals surface area contributed by atoms with Crippen molar-refractivity contribution in [1.82, 2.24) is 9.13 Å². The lowest BCUT2D eigenvalue weighted by Crippen LogP contribution is -2.42. The number of allylic oxidation sites excluding steroid dienone is 2. The van der Waals surface area contributed by atoms with Gasteiger partial charge in [0.05, 0.1) is 19.1 Å². The van der Waals surface area contributed by atoms with E-state index in [0.717, 1.165) is 0 Å². The normalized spacial score (nSPS) is 17.1. The highest BCUT2D eigenvalue weighted by Gasteiger charge is 2.47. The first-order chi connectivity index (χ1) is 24.8. The van der Waals surface area contributed by atoms with Crippen molar-refractivity contribution >= 4 is 63.8 Å². The van der Waals surface area contributed by atoms with E-state index in [1.54, 1.807) is 0 Å². The smallest absolute Gasteiger partial charge is 0.0722 e. The summed E-state index contributed by atoms with van der Waals surface area (Å²) in [4.78, 5) is 0. The van der Waals surface area contributed by atoms with Gasteiger partial charge < -0.3 is 9.13 Å². The van der Waals surface area contributed by atoms with Crippen LogP contribution in [0.1, 0.15) is 47.2 Å². The van der Waals surface area contributed by atoms with Crippen molar-refractivity contribution < 1.29 is 0 Å². The second kappa shape index (κ2) is 10.8. The Morgan fingerprint density at radius 2 is 0.804 bits per heavy atom. The predicted molar refractivity (Wildman–Crippen MR) is 222 cm³/mol. The van der Waals surface area contributed by atoms with Crippen molar-refractivity contribution in [3.63, 3.8) is 0 Å². The molecule has 0 N–H and O–H groups in total. The van der Waals surface area contributed by atoms with Crippen LogP contribution in [0.4, 0.5) is 0 Å². The Labute approximate surface area is 301 Å². The van der Waals surface area contributed by atoms with E-state index in [1.807, 2.05) is 0 Å². The van der Waals surface area contributed by atoms with Crippen molar-refractivity contribution in [2.75, 3.05) is 0 Å². The molecule has 0 spiro atoms. The van der Waals surface area contributed by atoms with Crippen molar-refractivity contribution in [2.45, 2.75) is 38.0 Å². The van der Waals surface area contributed by atoms with Crippen LogP contribution in [0.2, 0.25) is 13.1 Å². The number of benzene rings is 6. The first-order valence-corrected chi connectivity index (χ1v) is 21.5. The third-order valence-electron chi connectivity index (χ3n) is 12.5. The van der Waals surface area contributed by atoms with Gasteiger partial charge in [0.25, 0.3) is 0 Å². The fourth-order valence-electron chi connectivity index (χ4n) is 10.6. The molecule has 2 aromatic heterocycles. The summed E-state index contributed by atoms with van der Waals surface area (Å²) < 4.78 is 4.78. The zero-order valence-corrected chi connectivity index (χ0v) is 31.3. The van der Waals surface area contributed by atoms with Crippen LogP contribution < -0.4 is 0 Å². The second-order valence-corrected chi connectivity index (χ2v) is 20.4. The van der Waals surface area contributed by atoms with Gasteiger partial charge in [-0.15, -0.1) is 0 Å². The third kappa shape index (κ3) is 4.10. The Kier molecular flexibility index (Phi) is 6.45. The van der Waals surface area contributed by atoms with Crippen molar-refractivity contribution in [3.05, 3.63) is 155 Å². The molecule has 3 heteroatoms. The van der Waals surface area contributed by atoms with E-state index in [4.69, 9.17) is 0 Å². The molecule has 248 valence electrons. The summed E-state index contributed by atoms with van der Waals surface area (Å²) in [5.41, 5.74) is 20.3. The van der Waals surface area contributed by atoms with Crippen LogP contribution in [0.15, 0.2) is 132 Å². The van der Waals surface area contributed by atoms with E-state index >= 15 is 0 Å². The van der Waals surface area contributed by atoms with Crippen molar-refractivity contribution in [1.29, 1.82) is 0 Å². The molecule has 2 aliphatic rings. The van der Waals surface area contributed by atoms with Crippen LogP contribution in [-0.4, -0.2) is 17.2 Å². The molecule has 0 aliphatic heterocycles. The van der Waals surface area contributed by atoms with Gasteiger partial charge in [0.15, 0.2) is 0 Å². The molecule has 6 aromatic carbocycles. The van der Waals surface area contributed by atoms with Gasteiger partial charge in [0.1, 0.15) is 0 Å². The lowest BCUT2D eigenvalue weighted by atomic mass is 9.95. The number of aromatic nitrogens is 2. The van der Waals surface area contributed by atoms with Gasteiger partial charge in [0.2, 0.25) is 0 Å². The zero-order valence-electron chi connectivity index (χ0n) is 30.3. The number of aryl methyl sites for hydroxylation is 2. The molecule has 10 rings (SSSR count). The molecule has 2 atom stereocenters. The minimum absolute atomic E-state index is 0.434. The first-order valence-electron chi connectivity index (χ1n) is 18.3. The standard InChI is InChI=1S/C48H42N2Si/c1-29-27-41-31(35-19-13-21-37-33-15-7-9-25-43(33)49(3)45(35)37)17-11-23-39(41)47(29)51(5,6)48-30(2)28-42-32(18-12-24-40(42)48)36-20-14-22-38-34-16-8-10-26-44(34)50(4)46(36)38/h7-28,47-48H,1-6H3. The molecule has 2 aliphatic carbocycles. The summed E-state index contributed by atoms with van der Waals surface area (Å²) in [7, 11) is 2.40. The maximum atomic E-state index is 2.65. The Balaban J connectivity index is 1.10. The maximum absolute atomic E-state index is 2.65. The van der Waals surface area contributed by atoms with Crippen LogP contribution in [0.25, 0.3) is 78.0 Å². The lowest BCUT2D eigenvalue weighted by Gasteiger charge is -2.39. The molecule has 0 radical (unpaired) electrons. The van der Waals surface area contributed by atoms with E-state index in [9.17, 15) is 0 Å². The summed E-state index contributed by atoms with van der Waals surface area (Å²) in [6.45, 7) is 10.1. The highest BCUT2D eigenvalue weighted by Crippen LogP contribution is 2.55. The minimum Gasteiger partial charge on any atom is -0.343 e. The summed E-state index contributed by atoms with van der Waals surface area (Å²) in [5.74, 6) is 0. The van der Waals surface area contributed by atoms with E-state index < -0.39 is 8.07 Å². The van der Waals surface area contributed by atoms with E-state index in [0.29, 0.717) is 11.1 Å². The average molecular weight is 675 g/mol. The highest BCUT2D eigenvalue weighted by atomic mass is 28.3. The summed E-state index contributed by atoms with van der Waals surface area (Å²) >= 11 is 0.